The Morgan fingerprint density at radius 3 is 1.39 bits per heavy atom. The van der Waals surface area contributed by atoms with Crippen molar-refractivity contribution in [3.63, 3.8) is 0 Å². The van der Waals surface area contributed by atoms with E-state index in [4.69, 9.17) is 0 Å². The van der Waals surface area contributed by atoms with Crippen molar-refractivity contribution in [1.82, 2.24) is 19.8 Å². The first kappa shape index (κ1) is 24.3. The Kier molecular flexibility index (Phi) is 12.3. The van der Waals surface area contributed by atoms with Crippen LogP contribution in [-0.4, -0.2) is 47.0 Å². The van der Waals surface area contributed by atoms with Crippen molar-refractivity contribution in [2.75, 3.05) is 27.2 Å². The van der Waals surface area contributed by atoms with Gasteiger partial charge in [-0.3, -0.25) is 9.97 Å². The molecule has 0 atom stereocenters. The fourth-order valence-electron chi connectivity index (χ4n) is 3.20. The highest BCUT2D eigenvalue weighted by atomic mass is 15.1. The molecule has 0 unspecified atom stereocenters. The van der Waals surface area contributed by atoms with Gasteiger partial charge < -0.3 is 9.80 Å². The van der Waals surface area contributed by atoms with E-state index in [1.807, 2.05) is 13.8 Å². The molecule has 0 spiro atoms. The van der Waals surface area contributed by atoms with Gasteiger partial charge in [-0.2, -0.15) is 0 Å². The van der Waals surface area contributed by atoms with Crippen LogP contribution in [0, 0.1) is 13.8 Å². The summed E-state index contributed by atoms with van der Waals surface area (Å²) in [5.41, 5.74) is 4.53. The fourth-order valence-corrected chi connectivity index (χ4v) is 3.20. The Labute approximate surface area is 173 Å². The first-order valence-corrected chi connectivity index (χ1v) is 10.7. The minimum atomic E-state index is 0.938. The molecule has 2 aromatic rings. The van der Waals surface area contributed by atoms with Gasteiger partial charge in [0.1, 0.15) is 0 Å². The third-order valence-corrected chi connectivity index (χ3v) is 4.59. The van der Waals surface area contributed by atoms with Gasteiger partial charge in [0.25, 0.3) is 0 Å². The van der Waals surface area contributed by atoms with Gasteiger partial charge in [0.05, 0.1) is 11.4 Å². The molecule has 0 radical (unpaired) electrons. The number of nitrogens with zero attached hydrogens (tertiary/aromatic N) is 4. The van der Waals surface area contributed by atoms with Crippen molar-refractivity contribution in [3.05, 3.63) is 59.2 Å². The lowest BCUT2D eigenvalue weighted by Gasteiger charge is -2.17. The van der Waals surface area contributed by atoms with Gasteiger partial charge in [-0.05, 0) is 78.1 Å². The quantitative estimate of drug-likeness (QED) is 0.496. The topological polar surface area (TPSA) is 32.3 Å². The van der Waals surface area contributed by atoms with Crippen LogP contribution in [-0.2, 0) is 13.1 Å². The summed E-state index contributed by atoms with van der Waals surface area (Å²) in [4.78, 5) is 13.9. The predicted octanol–water partition coefficient (Wildman–Crippen LogP) is 5.24. The molecule has 2 heterocycles. The van der Waals surface area contributed by atoms with E-state index in [-0.39, 0.29) is 0 Å². The molecule has 0 aliphatic rings. The second-order valence-electron chi connectivity index (χ2n) is 7.43. The van der Waals surface area contributed by atoms with E-state index in [0.717, 1.165) is 37.6 Å². The van der Waals surface area contributed by atoms with Crippen LogP contribution in [0.4, 0.5) is 0 Å². The van der Waals surface area contributed by atoms with E-state index in [1.165, 1.54) is 37.1 Å². The van der Waals surface area contributed by atoms with E-state index in [2.05, 4.69) is 84.1 Å². The van der Waals surface area contributed by atoms with Gasteiger partial charge in [0.15, 0.2) is 0 Å². The predicted molar refractivity (Wildman–Crippen MR) is 120 cm³/mol. The molecule has 0 aliphatic heterocycles. The number of aryl methyl sites for hydroxylation is 2. The average Bonchev–Trinajstić information content (AvgIpc) is 2.66. The standard InChI is InChI=1S/C22H34N4.C2H6/c1-19-11-9-13-21(23-19)17-25(3)15-7-5-6-8-16-26(4)18-22-14-10-12-20(2)24-22;1-2/h9-14H,5-8,15-18H2,1-4H3;1-2H3. The first-order chi connectivity index (χ1) is 13.5. The molecular weight excluding hydrogens is 344 g/mol. The highest BCUT2D eigenvalue weighted by molar-refractivity contribution is 5.10. The molecule has 2 aromatic heterocycles. The number of aromatic nitrogens is 2. The summed E-state index contributed by atoms with van der Waals surface area (Å²) in [6, 6.07) is 12.5. The molecule has 0 N–H and O–H groups in total. The minimum Gasteiger partial charge on any atom is -0.301 e. The maximum absolute atomic E-state index is 4.58. The third kappa shape index (κ3) is 10.5. The fraction of sp³-hybridized carbons (Fsp3) is 0.583. The largest absolute Gasteiger partial charge is 0.301 e. The highest BCUT2D eigenvalue weighted by Gasteiger charge is 2.04. The zero-order valence-corrected chi connectivity index (χ0v) is 18.9. The Hall–Kier alpha value is -1.78. The molecular formula is C24H40N4. The van der Waals surface area contributed by atoms with E-state index < -0.39 is 0 Å². The van der Waals surface area contributed by atoms with Gasteiger partial charge in [0, 0.05) is 24.5 Å². The SMILES string of the molecule is CC.Cc1cccc(CN(C)CCCCCCN(C)Cc2cccc(C)n2)n1. The summed E-state index contributed by atoms with van der Waals surface area (Å²) in [5.74, 6) is 0. The van der Waals surface area contributed by atoms with Crippen molar-refractivity contribution in [3.8, 4) is 0 Å². The minimum absolute atomic E-state index is 0.938. The first-order valence-electron chi connectivity index (χ1n) is 10.7. The molecule has 0 aromatic carbocycles. The average molecular weight is 385 g/mol. The smallest absolute Gasteiger partial charge is 0.0547 e. The number of unbranched alkanes of at least 4 members (excludes halogenated alkanes) is 3. The lowest BCUT2D eigenvalue weighted by Crippen LogP contribution is -2.21. The highest BCUT2D eigenvalue weighted by Crippen LogP contribution is 2.07. The van der Waals surface area contributed by atoms with E-state index in [1.54, 1.807) is 0 Å². The van der Waals surface area contributed by atoms with Crippen molar-refractivity contribution in [2.24, 2.45) is 0 Å². The second kappa shape index (κ2) is 14.3. The van der Waals surface area contributed by atoms with E-state index >= 15 is 0 Å². The monoisotopic (exact) mass is 384 g/mol. The molecule has 0 saturated carbocycles. The van der Waals surface area contributed by atoms with Crippen LogP contribution in [0.15, 0.2) is 36.4 Å². The van der Waals surface area contributed by atoms with Gasteiger partial charge in [-0.15, -0.1) is 0 Å². The normalized spacial score (nSPS) is 10.9. The zero-order chi connectivity index (χ0) is 20.8. The van der Waals surface area contributed by atoms with Crippen LogP contribution >= 0.6 is 0 Å². The number of hydrogen-bond acceptors (Lipinski definition) is 4. The van der Waals surface area contributed by atoms with Crippen molar-refractivity contribution >= 4 is 0 Å². The molecule has 0 bridgehead atoms. The zero-order valence-electron chi connectivity index (χ0n) is 18.9. The van der Waals surface area contributed by atoms with Gasteiger partial charge in [-0.25, -0.2) is 0 Å². The van der Waals surface area contributed by atoms with Gasteiger partial charge in [0.2, 0.25) is 0 Å². The van der Waals surface area contributed by atoms with Crippen molar-refractivity contribution in [2.45, 2.75) is 66.5 Å². The lowest BCUT2D eigenvalue weighted by atomic mass is 10.1. The Morgan fingerprint density at radius 1 is 0.643 bits per heavy atom. The summed E-state index contributed by atoms with van der Waals surface area (Å²) in [5, 5.41) is 0. The molecule has 2 rings (SSSR count). The summed E-state index contributed by atoms with van der Waals surface area (Å²) < 4.78 is 0. The molecule has 0 aliphatic carbocycles. The summed E-state index contributed by atoms with van der Waals surface area (Å²) in [6.45, 7) is 12.3. The van der Waals surface area contributed by atoms with Crippen LogP contribution in [0.25, 0.3) is 0 Å². The van der Waals surface area contributed by atoms with Crippen LogP contribution in [0.1, 0.15) is 62.3 Å². The maximum Gasteiger partial charge on any atom is 0.0547 e. The molecule has 156 valence electrons. The molecule has 28 heavy (non-hydrogen) atoms. The van der Waals surface area contributed by atoms with E-state index in [9.17, 15) is 0 Å². The molecule has 4 heteroatoms. The summed E-state index contributed by atoms with van der Waals surface area (Å²) in [6.07, 6.45) is 5.10. The molecule has 0 amide bonds. The number of rotatable bonds is 11. The Bertz CT molecular complexity index is 599. The van der Waals surface area contributed by atoms with Crippen molar-refractivity contribution < 1.29 is 0 Å². The third-order valence-electron chi connectivity index (χ3n) is 4.59. The Morgan fingerprint density at radius 2 is 1.04 bits per heavy atom. The van der Waals surface area contributed by atoms with Crippen molar-refractivity contribution in [1.29, 1.82) is 0 Å². The van der Waals surface area contributed by atoms with Gasteiger partial charge >= 0.3 is 0 Å². The second-order valence-corrected chi connectivity index (χ2v) is 7.43. The number of pyridine rings is 2. The number of hydrogen-bond donors (Lipinski definition) is 0. The Balaban J connectivity index is 0.00000190. The van der Waals surface area contributed by atoms with Crippen LogP contribution in [0.3, 0.4) is 0 Å². The summed E-state index contributed by atoms with van der Waals surface area (Å²) >= 11 is 0. The molecule has 4 nitrogen and oxygen atoms in total. The van der Waals surface area contributed by atoms with Gasteiger partial charge in [-0.1, -0.05) is 38.8 Å². The maximum atomic E-state index is 4.58. The van der Waals surface area contributed by atoms with Crippen LogP contribution < -0.4 is 0 Å². The van der Waals surface area contributed by atoms with Crippen LogP contribution in [0.5, 0.6) is 0 Å². The molecule has 0 fully saturated rings. The molecule has 0 saturated heterocycles. The van der Waals surface area contributed by atoms with E-state index in [0.29, 0.717) is 0 Å². The summed E-state index contributed by atoms with van der Waals surface area (Å²) in [7, 11) is 4.37. The van der Waals surface area contributed by atoms with Crippen LogP contribution in [0.2, 0.25) is 0 Å². The lowest BCUT2D eigenvalue weighted by molar-refractivity contribution is 0.299.